The van der Waals surface area contributed by atoms with Gasteiger partial charge in [-0.1, -0.05) is 58.4 Å². The van der Waals surface area contributed by atoms with Gasteiger partial charge in [0.25, 0.3) is 5.01 Å². The Bertz CT molecular complexity index is 1670. The van der Waals surface area contributed by atoms with E-state index in [2.05, 4.69) is 33.8 Å². The Morgan fingerprint density at radius 1 is 1.02 bits per heavy atom. The van der Waals surface area contributed by atoms with Crippen LogP contribution in [0.1, 0.15) is 31.3 Å². The Morgan fingerprint density at radius 2 is 1.77 bits per heavy atom. The normalized spacial score (nSPS) is 13.4. The number of likely N-dealkylation sites (N-methyl/N-ethyl adjacent to an activating group) is 1. The molecule has 2 heterocycles. The van der Waals surface area contributed by atoms with E-state index >= 15 is 0 Å². The zero-order valence-electron chi connectivity index (χ0n) is 24.2. The van der Waals surface area contributed by atoms with Crippen molar-refractivity contribution >= 4 is 85.8 Å². The minimum absolute atomic E-state index is 0.0996. The predicted octanol–water partition coefficient (Wildman–Crippen LogP) is 7.13. The first kappa shape index (κ1) is 31.2. The van der Waals surface area contributed by atoms with E-state index in [9.17, 15) is 9.59 Å². The minimum Gasteiger partial charge on any atom is -0.466 e. The van der Waals surface area contributed by atoms with E-state index in [1.165, 1.54) is 0 Å². The number of thioether (sulfide) groups is 1. The number of hydrogen-bond acceptors (Lipinski definition) is 7. The monoisotopic (exact) mass is 655 g/mol. The van der Waals surface area contributed by atoms with Gasteiger partial charge < -0.3 is 14.5 Å². The second kappa shape index (κ2) is 14.0. The number of rotatable bonds is 11. The second-order valence-electron chi connectivity index (χ2n) is 9.84. The lowest BCUT2D eigenvalue weighted by molar-refractivity contribution is -0.672. The van der Waals surface area contributed by atoms with Gasteiger partial charge in [0.2, 0.25) is 18.1 Å². The Labute approximate surface area is 270 Å². The molecule has 1 aliphatic heterocycles. The average molecular weight is 657 g/mol. The summed E-state index contributed by atoms with van der Waals surface area (Å²) in [5.41, 5.74) is 3.84. The molecular weight excluding hydrogens is 623 g/mol. The highest BCUT2D eigenvalue weighted by molar-refractivity contribution is 8.03. The number of esters is 1. The van der Waals surface area contributed by atoms with E-state index < -0.39 is 0 Å². The quantitative estimate of drug-likeness (QED) is 0.137. The summed E-state index contributed by atoms with van der Waals surface area (Å²) in [4.78, 5) is 30.4. The molecule has 4 aromatic rings. The van der Waals surface area contributed by atoms with E-state index in [0.717, 1.165) is 48.6 Å². The number of hydrogen-bond donors (Lipinski definition) is 1. The summed E-state index contributed by atoms with van der Waals surface area (Å²) in [6.45, 7) is 8.24. The molecule has 11 heteroatoms. The molecule has 0 atom stereocenters. The first-order chi connectivity index (χ1) is 20.8. The molecule has 1 N–H and O–H groups in total. The molecule has 5 rings (SSSR count). The second-order valence-corrected chi connectivity index (χ2v) is 12.8. The Hall–Kier alpha value is -3.24. The number of carbonyl (C=O) groups is 2. The number of nitrogens with zero attached hydrogens (tertiary/aromatic N) is 3. The third kappa shape index (κ3) is 7.29. The van der Waals surface area contributed by atoms with Crippen molar-refractivity contribution in [2.75, 3.05) is 36.0 Å². The van der Waals surface area contributed by atoms with E-state index in [1.54, 1.807) is 30.0 Å². The van der Waals surface area contributed by atoms with Crippen LogP contribution in [0.25, 0.3) is 16.3 Å². The first-order valence-electron chi connectivity index (χ1n) is 14.1. The lowest BCUT2D eigenvalue weighted by atomic mass is 10.1. The van der Waals surface area contributed by atoms with Crippen molar-refractivity contribution in [2.24, 2.45) is 0 Å². The highest BCUT2D eigenvalue weighted by Gasteiger charge is 2.28. The zero-order chi connectivity index (χ0) is 30.5. The van der Waals surface area contributed by atoms with Gasteiger partial charge in [0.1, 0.15) is 4.70 Å². The van der Waals surface area contributed by atoms with Crippen LogP contribution in [-0.2, 0) is 27.4 Å². The van der Waals surface area contributed by atoms with Crippen LogP contribution in [0.5, 0.6) is 0 Å². The molecule has 224 valence electrons. The van der Waals surface area contributed by atoms with Crippen molar-refractivity contribution in [1.82, 2.24) is 5.32 Å². The van der Waals surface area contributed by atoms with Crippen LogP contribution in [0.2, 0.25) is 10.0 Å². The lowest BCUT2D eigenvalue weighted by Crippen LogP contribution is -2.47. The summed E-state index contributed by atoms with van der Waals surface area (Å²) in [6.07, 6.45) is 2.40. The molecule has 7 nitrogen and oxygen atoms in total. The van der Waals surface area contributed by atoms with Crippen LogP contribution in [0, 0.1) is 0 Å². The van der Waals surface area contributed by atoms with Crippen molar-refractivity contribution in [3.8, 4) is 0 Å². The Kier molecular flexibility index (Phi) is 10.2. The maximum atomic E-state index is 13.2. The van der Waals surface area contributed by atoms with Gasteiger partial charge in [-0.25, -0.2) is 0 Å². The van der Waals surface area contributed by atoms with Crippen LogP contribution in [0.15, 0.2) is 70.6 Å². The fourth-order valence-electron chi connectivity index (χ4n) is 4.94. The molecule has 0 saturated carbocycles. The van der Waals surface area contributed by atoms with E-state index in [-0.39, 0.29) is 24.8 Å². The first-order valence-corrected chi connectivity index (χ1v) is 16.5. The van der Waals surface area contributed by atoms with Crippen molar-refractivity contribution in [1.29, 1.82) is 0 Å². The number of nitrogens with one attached hydrogen (secondary N) is 1. The van der Waals surface area contributed by atoms with Crippen molar-refractivity contribution in [3.63, 3.8) is 0 Å². The predicted molar refractivity (Wildman–Crippen MR) is 178 cm³/mol. The van der Waals surface area contributed by atoms with Crippen LogP contribution >= 0.6 is 46.3 Å². The number of benzene rings is 3. The number of fused-ring (bicyclic) bond motifs is 2. The fraction of sp³-hybridized carbons (Fsp3) is 0.281. The highest BCUT2D eigenvalue weighted by atomic mass is 35.5. The molecule has 0 bridgehead atoms. The lowest BCUT2D eigenvalue weighted by Gasteiger charge is -2.22. The number of thiazole rings is 1. The van der Waals surface area contributed by atoms with Gasteiger partial charge >= 0.3 is 5.97 Å². The largest absolute Gasteiger partial charge is 0.466 e. The maximum absolute atomic E-state index is 13.2. The smallest absolute Gasteiger partial charge is 0.310 e. The van der Waals surface area contributed by atoms with Crippen LogP contribution in [0.4, 0.5) is 11.4 Å². The van der Waals surface area contributed by atoms with Crippen LogP contribution in [0.3, 0.4) is 0 Å². The van der Waals surface area contributed by atoms with Gasteiger partial charge in [-0.3, -0.25) is 14.9 Å². The van der Waals surface area contributed by atoms with Crippen LogP contribution < -0.4 is 19.7 Å². The SMILES string of the molecule is CCOC(=O)Cc1ccc(N(CC)CC(=O)NC[n+]2c(/C=C3\Sc4ccc(Cl)cc4N3CC)sc3ccc(Cl)cc32)cc1. The minimum atomic E-state index is -0.250. The number of halogens is 2. The Morgan fingerprint density at radius 3 is 2.49 bits per heavy atom. The Balaban J connectivity index is 1.33. The standard InChI is InChI=1S/C32H32Cl2N4O3S2/c1-4-36(24-11-7-21(8-12-24)15-32(40)41-6-3)19-29(39)35-20-38-26-17-23(34)10-14-28(26)43-31(38)18-30-37(5-2)25-16-22(33)9-13-27(25)42-30/h7-14,16-18H,4-6,15,19-20H2,1-3H3/p+1. The highest BCUT2D eigenvalue weighted by Crippen LogP contribution is 2.47. The number of amides is 1. The summed E-state index contributed by atoms with van der Waals surface area (Å²) in [7, 11) is 0. The molecule has 43 heavy (non-hydrogen) atoms. The van der Waals surface area contributed by atoms with Gasteiger partial charge in [0.15, 0.2) is 0 Å². The molecule has 1 amide bonds. The molecular formula is C32H33Cl2N4O3S2+. The van der Waals surface area contributed by atoms with Gasteiger partial charge in [0, 0.05) is 39.8 Å². The molecule has 0 unspecified atom stereocenters. The molecule has 1 aromatic heterocycles. The van der Waals surface area contributed by atoms with E-state index in [1.807, 2.05) is 66.4 Å². The van der Waals surface area contributed by atoms with Crippen molar-refractivity contribution in [3.05, 3.63) is 86.3 Å². The van der Waals surface area contributed by atoms with Gasteiger partial charge in [-0.05, 0) is 68.8 Å². The molecule has 0 aliphatic carbocycles. The number of ether oxygens (including phenoxy) is 1. The third-order valence-electron chi connectivity index (χ3n) is 7.05. The topological polar surface area (TPSA) is 65.8 Å². The molecule has 1 aliphatic rings. The molecule has 0 fully saturated rings. The number of aromatic nitrogens is 1. The number of anilines is 2. The molecule has 3 aromatic carbocycles. The van der Waals surface area contributed by atoms with E-state index in [0.29, 0.717) is 29.9 Å². The number of carbonyl (C=O) groups excluding carboxylic acids is 2. The van der Waals surface area contributed by atoms with Gasteiger partial charge in [0.05, 0.1) is 36.4 Å². The van der Waals surface area contributed by atoms with E-state index in [4.69, 9.17) is 27.9 Å². The van der Waals surface area contributed by atoms with Crippen LogP contribution in [-0.4, -0.2) is 38.1 Å². The summed E-state index contributed by atoms with van der Waals surface area (Å²) < 4.78 is 8.22. The van der Waals surface area contributed by atoms with Gasteiger partial charge in [-0.2, -0.15) is 4.57 Å². The molecule has 0 spiro atoms. The van der Waals surface area contributed by atoms with Gasteiger partial charge in [-0.15, -0.1) is 0 Å². The average Bonchev–Trinajstić information content (AvgIpc) is 3.51. The summed E-state index contributed by atoms with van der Waals surface area (Å²) >= 11 is 16.1. The molecule has 0 radical (unpaired) electrons. The summed E-state index contributed by atoms with van der Waals surface area (Å²) in [6, 6.07) is 19.5. The fourth-order valence-corrected chi connectivity index (χ4v) is 7.57. The van der Waals surface area contributed by atoms with Crippen molar-refractivity contribution < 1.29 is 18.9 Å². The molecule has 0 saturated heterocycles. The summed E-state index contributed by atoms with van der Waals surface area (Å²) in [5, 5.41) is 6.57. The van der Waals surface area contributed by atoms with Crippen molar-refractivity contribution in [2.45, 2.75) is 38.8 Å². The summed E-state index contributed by atoms with van der Waals surface area (Å²) in [5.74, 6) is -0.350. The zero-order valence-corrected chi connectivity index (χ0v) is 27.4. The third-order valence-corrected chi connectivity index (χ3v) is 9.75. The maximum Gasteiger partial charge on any atom is 0.310 e.